The van der Waals surface area contributed by atoms with Crippen LogP contribution in [0.15, 0.2) is 18.2 Å². The number of nitro groups is 1. The summed E-state index contributed by atoms with van der Waals surface area (Å²) in [5.74, 6) is -0.723. The Morgan fingerprint density at radius 3 is 2.74 bits per heavy atom. The Morgan fingerprint density at radius 2 is 2.13 bits per heavy atom. The number of non-ortho nitro benzene ring substituents is 1. The fourth-order valence-corrected chi connectivity index (χ4v) is 2.18. The van der Waals surface area contributed by atoms with E-state index in [0.717, 1.165) is 0 Å². The topological polar surface area (TPSA) is 121 Å². The van der Waals surface area contributed by atoms with Crippen LogP contribution in [0.2, 0.25) is 0 Å². The molecule has 0 unspecified atom stereocenters. The second-order valence-electron chi connectivity index (χ2n) is 4.83. The quantitative estimate of drug-likeness (QED) is 0.609. The van der Waals surface area contributed by atoms with E-state index in [1.807, 2.05) is 0 Å². The van der Waals surface area contributed by atoms with Crippen molar-refractivity contribution in [1.82, 2.24) is 20.4 Å². The first-order valence-electron chi connectivity index (χ1n) is 7.16. The van der Waals surface area contributed by atoms with Crippen LogP contribution >= 0.6 is 0 Å². The van der Waals surface area contributed by atoms with E-state index in [2.05, 4.69) is 15.5 Å². The minimum absolute atomic E-state index is 0.0647. The number of aromatic amines is 1. The Kier molecular flexibility index (Phi) is 4.89. The molecule has 0 saturated heterocycles. The van der Waals surface area contributed by atoms with E-state index in [1.165, 1.54) is 23.1 Å². The molecule has 0 aliphatic rings. The average molecular weight is 319 g/mol. The van der Waals surface area contributed by atoms with E-state index in [-0.39, 0.29) is 23.8 Å². The fourth-order valence-electron chi connectivity index (χ4n) is 2.18. The number of aromatic nitrogens is 2. The number of carbonyl (C=O) groups is 2. The number of H-pyrrole nitrogens is 1. The standard InChI is InChI=1S/C14H17N5O4/c1-3-15-12(20)8-18(4-2)14(21)13-10-7-9(19(22)23)5-6-11(10)16-17-13/h5-7H,3-4,8H2,1-2H3,(H,15,20)(H,16,17). The van der Waals surface area contributed by atoms with Gasteiger partial charge in [-0.2, -0.15) is 5.10 Å². The van der Waals surface area contributed by atoms with Crippen molar-refractivity contribution in [2.75, 3.05) is 19.6 Å². The van der Waals surface area contributed by atoms with Crippen molar-refractivity contribution in [3.05, 3.63) is 34.0 Å². The number of carbonyl (C=O) groups excluding carboxylic acids is 2. The Labute approximate surface area is 131 Å². The molecule has 2 rings (SSSR count). The fraction of sp³-hybridized carbons (Fsp3) is 0.357. The number of likely N-dealkylation sites (N-methyl/N-ethyl adjacent to an activating group) is 2. The zero-order chi connectivity index (χ0) is 17.0. The largest absolute Gasteiger partial charge is 0.355 e. The number of amides is 2. The Bertz CT molecular complexity index is 755. The maximum absolute atomic E-state index is 12.6. The van der Waals surface area contributed by atoms with Gasteiger partial charge in [0.05, 0.1) is 17.0 Å². The molecule has 2 amide bonds. The lowest BCUT2D eigenvalue weighted by Gasteiger charge is -2.19. The van der Waals surface area contributed by atoms with Gasteiger partial charge in [0.15, 0.2) is 5.69 Å². The maximum Gasteiger partial charge on any atom is 0.275 e. The van der Waals surface area contributed by atoms with Crippen LogP contribution in [0.25, 0.3) is 10.9 Å². The molecular weight excluding hydrogens is 302 g/mol. The highest BCUT2D eigenvalue weighted by Gasteiger charge is 2.23. The molecule has 0 saturated carbocycles. The van der Waals surface area contributed by atoms with E-state index < -0.39 is 10.8 Å². The average Bonchev–Trinajstić information content (AvgIpc) is 2.95. The van der Waals surface area contributed by atoms with Crippen LogP contribution in [0.1, 0.15) is 24.3 Å². The number of nitro benzene ring substituents is 1. The molecular formula is C14H17N5O4. The second kappa shape index (κ2) is 6.86. The first kappa shape index (κ1) is 16.4. The van der Waals surface area contributed by atoms with Gasteiger partial charge in [-0.05, 0) is 19.9 Å². The molecule has 122 valence electrons. The van der Waals surface area contributed by atoms with Gasteiger partial charge in [0.2, 0.25) is 5.91 Å². The lowest BCUT2D eigenvalue weighted by molar-refractivity contribution is -0.384. The molecule has 9 heteroatoms. The zero-order valence-corrected chi connectivity index (χ0v) is 12.8. The van der Waals surface area contributed by atoms with E-state index in [9.17, 15) is 19.7 Å². The van der Waals surface area contributed by atoms with Gasteiger partial charge < -0.3 is 10.2 Å². The maximum atomic E-state index is 12.6. The van der Waals surface area contributed by atoms with Crippen molar-refractivity contribution in [1.29, 1.82) is 0 Å². The van der Waals surface area contributed by atoms with Crippen LogP contribution in [0, 0.1) is 10.1 Å². The summed E-state index contributed by atoms with van der Waals surface area (Å²) < 4.78 is 0. The van der Waals surface area contributed by atoms with Gasteiger partial charge in [-0.3, -0.25) is 24.8 Å². The normalized spacial score (nSPS) is 10.5. The minimum atomic E-state index is -0.535. The smallest absolute Gasteiger partial charge is 0.275 e. The summed E-state index contributed by atoms with van der Waals surface area (Å²) in [5.41, 5.74) is 0.461. The van der Waals surface area contributed by atoms with Crippen LogP contribution in [0.3, 0.4) is 0 Å². The molecule has 1 aromatic carbocycles. The number of rotatable bonds is 6. The van der Waals surface area contributed by atoms with Crippen molar-refractivity contribution < 1.29 is 14.5 Å². The monoisotopic (exact) mass is 319 g/mol. The Morgan fingerprint density at radius 1 is 1.39 bits per heavy atom. The van der Waals surface area contributed by atoms with Crippen LogP contribution < -0.4 is 5.32 Å². The lowest BCUT2D eigenvalue weighted by Crippen LogP contribution is -2.40. The SMILES string of the molecule is CCNC(=O)CN(CC)C(=O)c1n[nH]c2ccc([N+](=O)[O-])cc12. The van der Waals surface area contributed by atoms with Gasteiger partial charge in [-0.25, -0.2) is 0 Å². The molecule has 2 aromatic rings. The van der Waals surface area contributed by atoms with Gasteiger partial charge in [-0.15, -0.1) is 0 Å². The Balaban J connectivity index is 2.33. The van der Waals surface area contributed by atoms with E-state index in [0.29, 0.717) is 24.0 Å². The third-order valence-electron chi connectivity index (χ3n) is 3.34. The molecule has 0 aliphatic heterocycles. The van der Waals surface area contributed by atoms with Crippen LogP contribution in [0.5, 0.6) is 0 Å². The number of hydrogen-bond donors (Lipinski definition) is 2. The molecule has 2 N–H and O–H groups in total. The van der Waals surface area contributed by atoms with Crippen molar-refractivity contribution in [3.8, 4) is 0 Å². The van der Waals surface area contributed by atoms with Gasteiger partial charge in [0, 0.05) is 30.6 Å². The third kappa shape index (κ3) is 3.44. The van der Waals surface area contributed by atoms with E-state index in [1.54, 1.807) is 13.8 Å². The molecule has 0 fully saturated rings. The molecule has 9 nitrogen and oxygen atoms in total. The van der Waals surface area contributed by atoms with E-state index >= 15 is 0 Å². The number of benzene rings is 1. The highest BCUT2D eigenvalue weighted by atomic mass is 16.6. The molecule has 1 aromatic heterocycles. The van der Waals surface area contributed by atoms with Crippen molar-refractivity contribution in [3.63, 3.8) is 0 Å². The summed E-state index contributed by atoms with van der Waals surface area (Å²) >= 11 is 0. The third-order valence-corrected chi connectivity index (χ3v) is 3.34. The first-order chi connectivity index (χ1) is 11.0. The van der Waals surface area contributed by atoms with Crippen LogP contribution in [-0.2, 0) is 4.79 Å². The summed E-state index contributed by atoms with van der Waals surface area (Å²) in [7, 11) is 0. The summed E-state index contributed by atoms with van der Waals surface area (Å²) in [5, 5.41) is 20.5. The lowest BCUT2D eigenvalue weighted by atomic mass is 10.1. The number of nitrogens with zero attached hydrogens (tertiary/aromatic N) is 3. The molecule has 0 atom stereocenters. The highest BCUT2D eigenvalue weighted by Crippen LogP contribution is 2.23. The van der Waals surface area contributed by atoms with Gasteiger partial charge >= 0.3 is 0 Å². The van der Waals surface area contributed by atoms with Crippen molar-refractivity contribution >= 4 is 28.4 Å². The Hall–Kier alpha value is -2.97. The molecule has 23 heavy (non-hydrogen) atoms. The summed E-state index contributed by atoms with van der Waals surface area (Å²) in [6.45, 7) is 4.23. The summed E-state index contributed by atoms with van der Waals surface area (Å²) in [4.78, 5) is 35.9. The van der Waals surface area contributed by atoms with E-state index in [4.69, 9.17) is 0 Å². The molecule has 0 aliphatic carbocycles. The minimum Gasteiger partial charge on any atom is -0.355 e. The first-order valence-corrected chi connectivity index (χ1v) is 7.16. The molecule has 0 spiro atoms. The summed E-state index contributed by atoms with van der Waals surface area (Å²) in [6.07, 6.45) is 0. The second-order valence-corrected chi connectivity index (χ2v) is 4.83. The molecule has 0 radical (unpaired) electrons. The van der Waals surface area contributed by atoms with Crippen LogP contribution in [0.4, 0.5) is 5.69 Å². The van der Waals surface area contributed by atoms with Gasteiger partial charge in [0.1, 0.15) is 0 Å². The number of hydrogen-bond acceptors (Lipinski definition) is 5. The molecule has 0 bridgehead atoms. The van der Waals surface area contributed by atoms with Gasteiger partial charge in [-0.1, -0.05) is 0 Å². The predicted molar refractivity (Wildman–Crippen MR) is 83.0 cm³/mol. The predicted octanol–water partition coefficient (Wildman–Crippen LogP) is 1.07. The van der Waals surface area contributed by atoms with Gasteiger partial charge in [0.25, 0.3) is 11.6 Å². The van der Waals surface area contributed by atoms with Crippen LogP contribution in [-0.4, -0.2) is 51.5 Å². The zero-order valence-electron chi connectivity index (χ0n) is 12.8. The highest BCUT2D eigenvalue weighted by molar-refractivity contribution is 6.06. The number of fused-ring (bicyclic) bond motifs is 1. The number of nitrogens with one attached hydrogen (secondary N) is 2. The van der Waals surface area contributed by atoms with Crippen molar-refractivity contribution in [2.24, 2.45) is 0 Å². The van der Waals surface area contributed by atoms with Crippen molar-refractivity contribution in [2.45, 2.75) is 13.8 Å². The summed E-state index contributed by atoms with van der Waals surface area (Å²) in [6, 6.07) is 4.13. The molecule has 1 heterocycles.